The Bertz CT molecular complexity index is 1110. The standard InChI is InChI=1S/C22H22F2N4O2S/c1-5-13(2)30-20-11-26-18(10-27-20)17(24)9-14-6-7-16(23)15(8-14)19-12-31(29)22(3,4)21(25)28-19/h1,6-11,13,19H,12H2,2-4H3,(H2,25,28)/b17-9-. The van der Waals surface area contributed by atoms with Gasteiger partial charge in [0.15, 0.2) is 11.9 Å². The largest absolute Gasteiger partial charge is 0.460 e. The van der Waals surface area contributed by atoms with Crippen molar-refractivity contribution in [3.63, 3.8) is 0 Å². The SMILES string of the molecule is C#CC(C)Oc1cnc(/C(F)=C/c2ccc(F)c(C3CS(=O)C(C)(C)C(N)=N3)c2)cn1. The third-order valence-electron chi connectivity index (χ3n) is 4.87. The highest BCUT2D eigenvalue weighted by Gasteiger charge is 2.37. The molecule has 31 heavy (non-hydrogen) atoms. The lowest BCUT2D eigenvalue weighted by molar-refractivity contribution is 0.266. The number of ether oxygens (including phenoxy) is 1. The van der Waals surface area contributed by atoms with E-state index >= 15 is 0 Å². The molecule has 3 atom stereocenters. The van der Waals surface area contributed by atoms with Crippen LogP contribution < -0.4 is 10.5 Å². The van der Waals surface area contributed by atoms with Crippen molar-refractivity contribution in [2.75, 3.05) is 5.75 Å². The number of benzene rings is 1. The van der Waals surface area contributed by atoms with E-state index in [0.29, 0.717) is 5.56 Å². The molecule has 2 aromatic rings. The molecule has 3 rings (SSSR count). The molecule has 0 saturated carbocycles. The molecule has 1 aromatic carbocycles. The van der Waals surface area contributed by atoms with E-state index < -0.39 is 39.3 Å². The monoisotopic (exact) mass is 444 g/mol. The van der Waals surface area contributed by atoms with Crippen LogP contribution in [0.1, 0.15) is 43.6 Å². The van der Waals surface area contributed by atoms with E-state index in [1.807, 2.05) is 0 Å². The number of aliphatic imine (C=N–C) groups is 1. The van der Waals surface area contributed by atoms with Gasteiger partial charge < -0.3 is 10.5 Å². The van der Waals surface area contributed by atoms with Crippen LogP contribution in [0, 0.1) is 18.2 Å². The summed E-state index contributed by atoms with van der Waals surface area (Å²) in [6, 6.07) is 3.40. The van der Waals surface area contributed by atoms with Crippen molar-refractivity contribution in [2.45, 2.75) is 37.7 Å². The van der Waals surface area contributed by atoms with Crippen LogP contribution in [0.25, 0.3) is 11.9 Å². The summed E-state index contributed by atoms with van der Waals surface area (Å²) in [5.41, 5.74) is 6.52. The predicted octanol–water partition coefficient (Wildman–Crippen LogP) is 3.42. The molecular formula is C22H22F2N4O2S. The number of amidine groups is 1. The highest BCUT2D eigenvalue weighted by Crippen LogP contribution is 2.32. The zero-order chi connectivity index (χ0) is 22.8. The van der Waals surface area contributed by atoms with Gasteiger partial charge in [-0.25, -0.2) is 18.7 Å². The maximum absolute atomic E-state index is 14.7. The van der Waals surface area contributed by atoms with E-state index in [1.165, 1.54) is 36.7 Å². The van der Waals surface area contributed by atoms with E-state index in [-0.39, 0.29) is 28.7 Å². The Morgan fingerprint density at radius 2 is 2.16 bits per heavy atom. The molecule has 1 aliphatic heterocycles. The smallest absolute Gasteiger partial charge is 0.233 e. The second-order valence-electron chi connectivity index (χ2n) is 7.49. The quantitative estimate of drug-likeness (QED) is 0.714. The van der Waals surface area contributed by atoms with Crippen molar-refractivity contribution in [2.24, 2.45) is 10.7 Å². The number of halogens is 2. The molecule has 0 aliphatic carbocycles. The summed E-state index contributed by atoms with van der Waals surface area (Å²) in [5, 5.41) is 0. The Morgan fingerprint density at radius 3 is 2.77 bits per heavy atom. The topological polar surface area (TPSA) is 90.5 Å². The summed E-state index contributed by atoms with van der Waals surface area (Å²) >= 11 is 0. The molecule has 9 heteroatoms. The summed E-state index contributed by atoms with van der Waals surface area (Å²) in [7, 11) is -1.33. The maximum atomic E-state index is 14.7. The van der Waals surface area contributed by atoms with E-state index in [2.05, 4.69) is 20.9 Å². The van der Waals surface area contributed by atoms with Gasteiger partial charge in [0.05, 0.1) is 28.9 Å². The first-order valence-electron chi connectivity index (χ1n) is 9.46. The number of nitrogens with two attached hydrogens (primary N) is 1. The molecule has 0 fully saturated rings. The Hall–Kier alpha value is -3.12. The third-order valence-corrected chi connectivity index (χ3v) is 6.83. The van der Waals surface area contributed by atoms with Crippen molar-refractivity contribution >= 4 is 28.5 Å². The maximum Gasteiger partial charge on any atom is 0.233 e. The average molecular weight is 445 g/mol. The van der Waals surface area contributed by atoms with Gasteiger partial charge in [0.2, 0.25) is 5.88 Å². The lowest BCUT2D eigenvalue weighted by atomic mass is 10.0. The van der Waals surface area contributed by atoms with Gasteiger partial charge in [0, 0.05) is 16.4 Å². The molecule has 1 aromatic heterocycles. The molecule has 0 bridgehead atoms. The average Bonchev–Trinajstić information content (AvgIpc) is 2.73. The van der Waals surface area contributed by atoms with E-state index in [1.54, 1.807) is 20.8 Å². The van der Waals surface area contributed by atoms with Crippen molar-refractivity contribution in [3.8, 4) is 18.2 Å². The Kier molecular flexibility index (Phi) is 6.51. The van der Waals surface area contributed by atoms with E-state index in [9.17, 15) is 13.0 Å². The fraction of sp³-hybridized carbons (Fsp3) is 0.318. The van der Waals surface area contributed by atoms with Crippen LogP contribution in [0.4, 0.5) is 8.78 Å². The predicted molar refractivity (Wildman–Crippen MR) is 118 cm³/mol. The van der Waals surface area contributed by atoms with Crippen LogP contribution in [0.15, 0.2) is 35.6 Å². The number of hydrogen-bond acceptors (Lipinski definition) is 6. The summed E-state index contributed by atoms with van der Waals surface area (Å²) in [5.74, 6) is 1.69. The van der Waals surface area contributed by atoms with Crippen molar-refractivity contribution in [3.05, 3.63) is 53.2 Å². The van der Waals surface area contributed by atoms with Gasteiger partial charge in [-0.1, -0.05) is 12.0 Å². The van der Waals surface area contributed by atoms with Gasteiger partial charge in [0.1, 0.15) is 17.3 Å². The third kappa shape index (κ3) is 4.97. The molecule has 6 nitrogen and oxygen atoms in total. The van der Waals surface area contributed by atoms with Crippen LogP contribution in [0.2, 0.25) is 0 Å². The molecule has 2 N–H and O–H groups in total. The normalized spacial score (nSPS) is 21.7. The second-order valence-corrected chi connectivity index (χ2v) is 9.54. The van der Waals surface area contributed by atoms with Crippen molar-refractivity contribution < 1.29 is 17.7 Å². The number of nitrogens with zero attached hydrogens (tertiary/aromatic N) is 3. The minimum absolute atomic E-state index is 0.0191. The molecule has 0 amide bonds. The molecular weight excluding hydrogens is 422 g/mol. The number of hydrogen-bond donors (Lipinski definition) is 1. The summed E-state index contributed by atoms with van der Waals surface area (Å²) in [4.78, 5) is 12.3. The first-order chi connectivity index (χ1) is 14.6. The molecule has 0 spiro atoms. The molecule has 1 aliphatic rings. The Balaban J connectivity index is 1.86. The Morgan fingerprint density at radius 1 is 1.42 bits per heavy atom. The first kappa shape index (κ1) is 22.6. The van der Waals surface area contributed by atoms with Crippen molar-refractivity contribution in [1.29, 1.82) is 0 Å². The number of aromatic nitrogens is 2. The first-order valence-corrected chi connectivity index (χ1v) is 10.8. The highest BCUT2D eigenvalue weighted by atomic mass is 32.2. The second kappa shape index (κ2) is 8.94. The number of terminal acetylenes is 1. The summed E-state index contributed by atoms with van der Waals surface area (Å²) in [6.45, 7) is 5.13. The van der Waals surface area contributed by atoms with Crippen LogP contribution in [-0.2, 0) is 10.8 Å². The molecule has 3 unspecified atom stereocenters. The zero-order valence-corrected chi connectivity index (χ0v) is 18.1. The van der Waals surface area contributed by atoms with Gasteiger partial charge in [-0.2, -0.15) is 0 Å². The minimum atomic E-state index is -1.33. The molecule has 2 heterocycles. The van der Waals surface area contributed by atoms with Gasteiger partial charge in [-0.05, 0) is 44.5 Å². The molecule has 0 radical (unpaired) electrons. The lowest BCUT2D eigenvalue weighted by Gasteiger charge is -2.31. The van der Waals surface area contributed by atoms with Gasteiger partial charge >= 0.3 is 0 Å². The van der Waals surface area contributed by atoms with Crippen LogP contribution in [0.3, 0.4) is 0 Å². The molecule has 0 saturated heterocycles. The Labute approximate surface area is 182 Å². The minimum Gasteiger partial charge on any atom is -0.460 e. The van der Waals surface area contributed by atoms with Gasteiger partial charge in [-0.15, -0.1) is 6.42 Å². The summed E-state index contributed by atoms with van der Waals surface area (Å²) < 4.78 is 46.2. The van der Waals surface area contributed by atoms with Crippen molar-refractivity contribution in [1.82, 2.24) is 9.97 Å². The van der Waals surface area contributed by atoms with Gasteiger partial charge in [0.25, 0.3) is 0 Å². The van der Waals surface area contributed by atoms with Gasteiger partial charge in [-0.3, -0.25) is 9.20 Å². The molecule has 162 valence electrons. The van der Waals surface area contributed by atoms with E-state index in [0.717, 1.165) is 0 Å². The number of rotatable bonds is 5. The fourth-order valence-corrected chi connectivity index (χ4v) is 4.07. The van der Waals surface area contributed by atoms with Crippen LogP contribution in [0.5, 0.6) is 5.88 Å². The van der Waals surface area contributed by atoms with Crippen LogP contribution in [-0.4, -0.2) is 36.6 Å². The van der Waals surface area contributed by atoms with Crippen LogP contribution >= 0.6 is 0 Å². The lowest BCUT2D eigenvalue weighted by Crippen LogP contribution is -2.47. The zero-order valence-electron chi connectivity index (χ0n) is 17.3. The highest BCUT2D eigenvalue weighted by molar-refractivity contribution is 7.87. The summed E-state index contributed by atoms with van der Waals surface area (Å²) in [6.07, 6.45) is 8.43. The van der Waals surface area contributed by atoms with E-state index in [4.69, 9.17) is 16.9 Å². The fourth-order valence-electron chi connectivity index (χ4n) is 2.83.